The van der Waals surface area contributed by atoms with Gasteiger partial charge >= 0.3 is 31.3 Å². The normalized spacial score (nSPS) is 14.2. The topological polar surface area (TPSA) is 113 Å². The largest absolute Gasteiger partial charge is 0.534 e. The molecule has 0 saturated heterocycles. The van der Waals surface area contributed by atoms with Gasteiger partial charge in [0.15, 0.2) is 0 Å². The fraction of sp³-hybridized carbons (Fsp3) is 0.250. The number of rotatable bonds is 7. The van der Waals surface area contributed by atoms with Crippen LogP contribution in [0.4, 0.5) is 26.3 Å². The average Bonchev–Trinajstić information content (AvgIpc) is 2.61. The van der Waals surface area contributed by atoms with E-state index in [-0.39, 0.29) is 11.1 Å². The third-order valence-corrected chi connectivity index (χ3v) is 5.63. The van der Waals surface area contributed by atoms with Crippen LogP contribution in [0.3, 0.4) is 0 Å². The first-order valence-electron chi connectivity index (χ1n) is 7.99. The summed E-state index contributed by atoms with van der Waals surface area (Å²) in [5.74, 6) is -1.47. The zero-order chi connectivity index (χ0) is 23.7. The van der Waals surface area contributed by atoms with Crippen LogP contribution in [0.5, 0.6) is 11.5 Å². The lowest BCUT2D eigenvalue weighted by Gasteiger charge is -2.19. The Bertz CT molecular complexity index is 1150. The fourth-order valence-corrected chi connectivity index (χ4v) is 3.27. The van der Waals surface area contributed by atoms with Gasteiger partial charge < -0.3 is 14.1 Å². The van der Waals surface area contributed by atoms with E-state index in [0.717, 1.165) is 18.2 Å². The second kappa shape index (κ2) is 8.55. The SMILES string of the molecule is NC(Cc1ccccc1OS(=O)(=O)C(F)(F)F)c1ccccc1OS(=O)(=O)C(F)(F)F. The molecule has 2 aromatic rings. The van der Waals surface area contributed by atoms with Gasteiger partial charge in [-0.1, -0.05) is 36.4 Å². The summed E-state index contributed by atoms with van der Waals surface area (Å²) in [5.41, 5.74) is -5.90. The van der Waals surface area contributed by atoms with Crippen molar-refractivity contribution in [2.24, 2.45) is 5.73 Å². The third kappa shape index (κ3) is 5.80. The summed E-state index contributed by atoms with van der Waals surface area (Å²) in [7, 11) is -12.0. The van der Waals surface area contributed by atoms with E-state index in [9.17, 15) is 43.2 Å². The molecule has 172 valence electrons. The standard InChI is InChI=1S/C16H13F6NO6S2/c17-15(18,19)30(24,25)28-13-7-3-1-5-10(13)9-12(23)11-6-2-4-8-14(11)29-31(26,27)16(20,21)22/h1-8,12H,9,23H2. The van der Waals surface area contributed by atoms with Crippen molar-refractivity contribution in [3.8, 4) is 11.5 Å². The maximum Gasteiger partial charge on any atom is 0.534 e. The molecule has 0 aliphatic heterocycles. The Morgan fingerprint density at radius 1 is 0.742 bits per heavy atom. The Labute approximate surface area is 172 Å². The molecule has 15 heteroatoms. The minimum Gasteiger partial charge on any atom is -0.376 e. The van der Waals surface area contributed by atoms with Gasteiger partial charge in [-0.05, 0) is 24.1 Å². The maximum atomic E-state index is 12.6. The first-order chi connectivity index (χ1) is 14.1. The van der Waals surface area contributed by atoms with E-state index in [0.29, 0.717) is 0 Å². The van der Waals surface area contributed by atoms with Crippen LogP contribution in [-0.2, 0) is 26.7 Å². The van der Waals surface area contributed by atoms with Crippen molar-refractivity contribution < 1.29 is 51.5 Å². The van der Waals surface area contributed by atoms with Gasteiger partial charge in [-0.3, -0.25) is 0 Å². The van der Waals surface area contributed by atoms with Crippen LogP contribution >= 0.6 is 0 Å². The van der Waals surface area contributed by atoms with E-state index < -0.39 is 55.2 Å². The second-order valence-corrected chi connectivity index (χ2v) is 9.00. The number of para-hydroxylation sites is 2. The summed E-state index contributed by atoms with van der Waals surface area (Å²) >= 11 is 0. The minimum atomic E-state index is -6.01. The Balaban J connectivity index is 2.36. The van der Waals surface area contributed by atoms with Crippen LogP contribution < -0.4 is 14.1 Å². The molecule has 1 atom stereocenters. The van der Waals surface area contributed by atoms with Crippen LogP contribution in [0.1, 0.15) is 17.2 Å². The molecule has 0 aliphatic carbocycles. The van der Waals surface area contributed by atoms with Crippen LogP contribution in [0.25, 0.3) is 0 Å². The van der Waals surface area contributed by atoms with Gasteiger partial charge in [0.2, 0.25) is 0 Å². The molecule has 0 heterocycles. The molecule has 7 nitrogen and oxygen atoms in total. The van der Waals surface area contributed by atoms with Gasteiger partial charge in [-0.15, -0.1) is 0 Å². The fourth-order valence-electron chi connectivity index (χ4n) is 2.29. The van der Waals surface area contributed by atoms with E-state index in [1.54, 1.807) is 0 Å². The molecule has 0 saturated carbocycles. The maximum absolute atomic E-state index is 12.6. The summed E-state index contributed by atoms with van der Waals surface area (Å²) in [6.45, 7) is 0. The van der Waals surface area contributed by atoms with Crippen molar-refractivity contribution in [3.05, 3.63) is 59.7 Å². The summed E-state index contributed by atoms with van der Waals surface area (Å²) < 4.78 is 129. The number of nitrogens with two attached hydrogens (primary N) is 1. The highest BCUT2D eigenvalue weighted by Crippen LogP contribution is 2.34. The molecule has 0 spiro atoms. The first kappa shape index (κ1) is 24.7. The average molecular weight is 493 g/mol. The summed E-state index contributed by atoms with van der Waals surface area (Å²) in [4.78, 5) is 0. The molecule has 0 amide bonds. The zero-order valence-corrected chi connectivity index (χ0v) is 16.6. The smallest absolute Gasteiger partial charge is 0.376 e. The lowest BCUT2D eigenvalue weighted by Crippen LogP contribution is -2.29. The molecule has 2 rings (SSSR count). The first-order valence-corrected chi connectivity index (χ1v) is 10.8. The summed E-state index contributed by atoms with van der Waals surface area (Å²) in [6, 6.07) is 7.81. The van der Waals surface area contributed by atoms with E-state index in [1.807, 2.05) is 0 Å². The van der Waals surface area contributed by atoms with E-state index in [4.69, 9.17) is 5.73 Å². The van der Waals surface area contributed by atoms with Gasteiger partial charge in [0.1, 0.15) is 11.5 Å². The Kier molecular flexibility index (Phi) is 6.82. The van der Waals surface area contributed by atoms with Gasteiger partial charge in [0, 0.05) is 11.6 Å². The monoisotopic (exact) mass is 493 g/mol. The lowest BCUT2D eigenvalue weighted by molar-refractivity contribution is -0.0505. The molecule has 31 heavy (non-hydrogen) atoms. The number of halogens is 6. The minimum absolute atomic E-state index is 0.142. The van der Waals surface area contributed by atoms with Crippen molar-refractivity contribution in [2.45, 2.75) is 23.5 Å². The van der Waals surface area contributed by atoms with Gasteiger partial charge in [0.05, 0.1) is 0 Å². The van der Waals surface area contributed by atoms with Crippen LogP contribution in [0.15, 0.2) is 48.5 Å². The van der Waals surface area contributed by atoms with E-state index >= 15 is 0 Å². The van der Waals surface area contributed by atoms with E-state index in [1.165, 1.54) is 30.3 Å². The van der Waals surface area contributed by atoms with Crippen molar-refractivity contribution in [1.29, 1.82) is 0 Å². The Morgan fingerprint density at radius 2 is 1.16 bits per heavy atom. The zero-order valence-electron chi connectivity index (χ0n) is 15.0. The highest BCUT2D eigenvalue weighted by Gasteiger charge is 2.49. The molecule has 2 aromatic carbocycles. The molecule has 0 bridgehead atoms. The van der Waals surface area contributed by atoms with Crippen molar-refractivity contribution in [1.82, 2.24) is 0 Å². The molecular formula is C16H13F6NO6S2. The second-order valence-electron chi connectivity index (χ2n) is 5.92. The predicted molar refractivity (Wildman–Crippen MR) is 94.7 cm³/mol. The number of hydrogen-bond acceptors (Lipinski definition) is 7. The summed E-state index contributed by atoms with van der Waals surface area (Å²) in [5, 5.41) is 0. The van der Waals surface area contributed by atoms with E-state index in [2.05, 4.69) is 8.37 Å². The Hall–Kier alpha value is -2.52. The molecule has 0 aliphatic rings. The molecule has 1 unspecified atom stereocenters. The van der Waals surface area contributed by atoms with Gasteiger partial charge in [0.25, 0.3) is 0 Å². The van der Waals surface area contributed by atoms with Crippen LogP contribution in [0, 0.1) is 0 Å². The predicted octanol–water partition coefficient (Wildman–Crippen LogP) is 3.39. The quantitative estimate of drug-likeness (QED) is 0.357. The molecular weight excluding hydrogens is 480 g/mol. The number of benzene rings is 2. The van der Waals surface area contributed by atoms with Gasteiger partial charge in [-0.2, -0.15) is 43.2 Å². The van der Waals surface area contributed by atoms with Crippen LogP contribution in [-0.4, -0.2) is 27.9 Å². The van der Waals surface area contributed by atoms with Crippen molar-refractivity contribution in [3.63, 3.8) is 0 Å². The third-order valence-electron chi connectivity index (χ3n) is 3.70. The molecule has 2 N–H and O–H groups in total. The highest BCUT2D eigenvalue weighted by molar-refractivity contribution is 7.88. The number of hydrogen-bond donors (Lipinski definition) is 1. The highest BCUT2D eigenvalue weighted by atomic mass is 32.2. The van der Waals surface area contributed by atoms with Gasteiger partial charge in [-0.25, -0.2) is 0 Å². The number of alkyl halides is 6. The van der Waals surface area contributed by atoms with Crippen molar-refractivity contribution in [2.75, 3.05) is 0 Å². The lowest BCUT2D eigenvalue weighted by atomic mass is 9.98. The van der Waals surface area contributed by atoms with Crippen LogP contribution in [0.2, 0.25) is 0 Å². The van der Waals surface area contributed by atoms with Crippen molar-refractivity contribution >= 4 is 20.2 Å². The molecule has 0 aromatic heterocycles. The molecule has 0 radical (unpaired) electrons. The Morgan fingerprint density at radius 3 is 1.68 bits per heavy atom. The summed E-state index contributed by atoms with van der Waals surface area (Å²) in [6.07, 6.45) is -0.435. The molecule has 0 fully saturated rings.